The van der Waals surface area contributed by atoms with Gasteiger partial charge in [-0.25, -0.2) is 0 Å². The van der Waals surface area contributed by atoms with Crippen molar-refractivity contribution < 1.29 is 9.21 Å². The summed E-state index contributed by atoms with van der Waals surface area (Å²) in [6, 6.07) is 6.15. The van der Waals surface area contributed by atoms with Crippen molar-refractivity contribution in [1.82, 2.24) is 9.80 Å². The molecule has 0 bridgehead atoms. The maximum Gasteiger partial charge on any atom is 0.233 e. The molecule has 4 nitrogen and oxygen atoms in total. The Labute approximate surface area is 169 Å². The van der Waals surface area contributed by atoms with Gasteiger partial charge in [-0.2, -0.15) is 11.8 Å². The predicted octanol–water partition coefficient (Wildman–Crippen LogP) is 4.67. The van der Waals surface area contributed by atoms with E-state index in [1.54, 1.807) is 23.1 Å². The quantitative estimate of drug-likeness (QED) is 0.534. The number of hydrogen-bond donors (Lipinski definition) is 0. The van der Waals surface area contributed by atoms with Gasteiger partial charge in [-0.1, -0.05) is 0 Å². The number of amides is 1. The van der Waals surface area contributed by atoms with E-state index in [1.807, 2.05) is 42.9 Å². The van der Waals surface area contributed by atoms with Gasteiger partial charge in [-0.05, 0) is 53.6 Å². The lowest BCUT2D eigenvalue weighted by Crippen LogP contribution is -2.30. The van der Waals surface area contributed by atoms with E-state index in [4.69, 9.17) is 4.42 Å². The second-order valence-electron chi connectivity index (χ2n) is 6.04. The van der Waals surface area contributed by atoms with E-state index in [9.17, 15) is 4.79 Å². The second kappa shape index (κ2) is 8.99. The van der Waals surface area contributed by atoms with Crippen LogP contribution in [0.3, 0.4) is 0 Å². The molecule has 1 fully saturated rings. The summed E-state index contributed by atoms with van der Waals surface area (Å²) in [5.41, 5.74) is 0. The average Bonchev–Trinajstić information content (AvgIpc) is 3.25. The topological polar surface area (TPSA) is 36.7 Å². The monoisotopic (exact) mass is 460 g/mol. The number of carbonyl (C=O) groups is 1. The number of rotatable bonds is 8. The van der Waals surface area contributed by atoms with Crippen molar-refractivity contribution in [2.45, 2.75) is 17.7 Å². The first-order valence-electron chi connectivity index (χ1n) is 7.98. The van der Waals surface area contributed by atoms with Crippen LogP contribution in [0.4, 0.5) is 0 Å². The van der Waals surface area contributed by atoms with E-state index >= 15 is 0 Å². The number of thiophene rings is 1. The first-order valence-corrected chi connectivity index (χ1v) is 11.9. The Morgan fingerprint density at radius 2 is 2.16 bits per heavy atom. The first kappa shape index (κ1) is 19.4. The van der Waals surface area contributed by atoms with Crippen molar-refractivity contribution in [2.24, 2.45) is 0 Å². The van der Waals surface area contributed by atoms with Crippen LogP contribution in [0.25, 0.3) is 0 Å². The van der Waals surface area contributed by atoms with Crippen LogP contribution in [0.1, 0.15) is 21.8 Å². The summed E-state index contributed by atoms with van der Waals surface area (Å²) >= 11 is 8.83. The van der Waals surface area contributed by atoms with Crippen molar-refractivity contribution >= 4 is 56.7 Å². The van der Waals surface area contributed by atoms with Crippen molar-refractivity contribution in [3.63, 3.8) is 0 Å². The van der Waals surface area contributed by atoms with E-state index in [-0.39, 0.29) is 11.3 Å². The normalized spacial score (nSPS) is 17.8. The maximum absolute atomic E-state index is 12.2. The van der Waals surface area contributed by atoms with Gasteiger partial charge in [-0.3, -0.25) is 4.79 Å². The van der Waals surface area contributed by atoms with Crippen LogP contribution in [0.15, 0.2) is 32.5 Å². The third-order valence-corrected chi connectivity index (χ3v) is 8.00. The van der Waals surface area contributed by atoms with Crippen LogP contribution in [0.5, 0.6) is 0 Å². The molecule has 0 spiro atoms. The molecule has 1 unspecified atom stereocenters. The molecule has 2 aromatic heterocycles. The molecule has 0 N–H and O–H groups in total. The second-order valence-corrected chi connectivity index (χ2v) is 10.0. The highest BCUT2D eigenvalue weighted by Crippen LogP contribution is 2.44. The van der Waals surface area contributed by atoms with Gasteiger partial charge < -0.3 is 14.2 Å². The van der Waals surface area contributed by atoms with Gasteiger partial charge in [0.15, 0.2) is 0 Å². The molecule has 0 aliphatic carbocycles. The lowest BCUT2D eigenvalue weighted by molar-refractivity contribution is -0.127. The van der Waals surface area contributed by atoms with Gasteiger partial charge in [0.25, 0.3) is 0 Å². The van der Waals surface area contributed by atoms with E-state index in [0.29, 0.717) is 5.75 Å². The Balaban J connectivity index is 1.48. The van der Waals surface area contributed by atoms with E-state index in [1.165, 1.54) is 4.88 Å². The Morgan fingerprint density at radius 3 is 2.88 bits per heavy atom. The molecule has 0 aromatic carbocycles. The SMILES string of the molecule is CN(C)Cc1ccc(CSCCN2C(=O)CSC2c2sccc2Br)o1. The van der Waals surface area contributed by atoms with Crippen LogP contribution in [0, 0.1) is 0 Å². The molecular formula is C17H21BrN2O2S3. The maximum atomic E-state index is 12.2. The highest BCUT2D eigenvalue weighted by atomic mass is 79.9. The fraction of sp³-hybridized carbons (Fsp3) is 0.471. The number of nitrogens with zero attached hydrogens (tertiary/aromatic N) is 2. The number of furan rings is 1. The van der Waals surface area contributed by atoms with Gasteiger partial charge in [0.1, 0.15) is 16.9 Å². The van der Waals surface area contributed by atoms with Gasteiger partial charge in [0.2, 0.25) is 5.91 Å². The molecule has 0 saturated carbocycles. The molecule has 3 heterocycles. The van der Waals surface area contributed by atoms with Gasteiger partial charge in [-0.15, -0.1) is 23.1 Å². The number of thioether (sulfide) groups is 2. The molecule has 8 heteroatoms. The van der Waals surface area contributed by atoms with Crippen molar-refractivity contribution in [3.05, 3.63) is 44.4 Å². The summed E-state index contributed by atoms with van der Waals surface area (Å²) in [6.07, 6.45) is 0. The van der Waals surface area contributed by atoms with Crippen LogP contribution in [0.2, 0.25) is 0 Å². The first-order chi connectivity index (χ1) is 12.0. The van der Waals surface area contributed by atoms with Gasteiger partial charge in [0.05, 0.1) is 22.9 Å². The molecule has 1 atom stereocenters. The zero-order valence-electron chi connectivity index (χ0n) is 14.2. The molecule has 25 heavy (non-hydrogen) atoms. The molecular weight excluding hydrogens is 440 g/mol. The largest absolute Gasteiger partial charge is 0.464 e. The van der Waals surface area contributed by atoms with Crippen LogP contribution >= 0.6 is 50.8 Å². The van der Waals surface area contributed by atoms with E-state index in [2.05, 4.69) is 32.3 Å². The van der Waals surface area contributed by atoms with Crippen LogP contribution in [-0.2, 0) is 17.1 Å². The summed E-state index contributed by atoms with van der Waals surface area (Å²) < 4.78 is 6.93. The lowest BCUT2D eigenvalue weighted by Gasteiger charge is -2.23. The highest BCUT2D eigenvalue weighted by molar-refractivity contribution is 9.10. The highest BCUT2D eigenvalue weighted by Gasteiger charge is 2.34. The third-order valence-electron chi connectivity index (χ3n) is 3.75. The summed E-state index contributed by atoms with van der Waals surface area (Å²) in [6.45, 7) is 1.60. The number of halogens is 1. The van der Waals surface area contributed by atoms with Crippen molar-refractivity contribution in [2.75, 3.05) is 32.1 Å². The van der Waals surface area contributed by atoms with Crippen molar-refractivity contribution in [1.29, 1.82) is 0 Å². The fourth-order valence-corrected chi connectivity index (χ4v) is 6.70. The molecule has 0 radical (unpaired) electrons. The zero-order chi connectivity index (χ0) is 17.8. The molecule has 136 valence electrons. The molecule has 1 saturated heterocycles. The molecule has 2 aromatic rings. The Bertz CT molecular complexity index is 716. The fourth-order valence-electron chi connectivity index (χ4n) is 2.63. The minimum atomic E-state index is 0.151. The Kier molecular flexibility index (Phi) is 6.96. The molecule has 1 aliphatic rings. The van der Waals surface area contributed by atoms with Crippen LogP contribution < -0.4 is 0 Å². The summed E-state index contributed by atoms with van der Waals surface area (Å²) in [7, 11) is 4.06. The third kappa shape index (κ3) is 5.07. The molecule has 3 rings (SSSR count). The number of hydrogen-bond acceptors (Lipinski definition) is 6. The smallest absolute Gasteiger partial charge is 0.233 e. The lowest BCUT2D eigenvalue weighted by atomic mass is 10.4. The Morgan fingerprint density at radius 1 is 1.36 bits per heavy atom. The van der Waals surface area contributed by atoms with Gasteiger partial charge >= 0.3 is 0 Å². The van der Waals surface area contributed by atoms with E-state index < -0.39 is 0 Å². The molecule has 1 amide bonds. The van der Waals surface area contributed by atoms with Gasteiger partial charge in [0, 0.05) is 16.8 Å². The van der Waals surface area contributed by atoms with Crippen LogP contribution in [-0.4, -0.2) is 47.9 Å². The predicted molar refractivity (Wildman–Crippen MR) is 111 cm³/mol. The van der Waals surface area contributed by atoms with E-state index in [0.717, 1.165) is 40.6 Å². The average molecular weight is 461 g/mol. The summed E-state index contributed by atoms with van der Waals surface area (Å²) in [5, 5.41) is 2.22. The summed E-state index contributed by atoms with van der Waals surface area (Å²) in [5.74, 6) is 4.56. The summed E-state index contributed by atoms with van der Waals surface area (Å²) in [4.78, 5) is 17.6. The molecule has 1 aliphatic heterocycles. The standard InChI is InChI=1S/C17H21BrN2O2S3/c1-19(2)9-12-3-4-13(22-12)10-23-8-6-20-15(21)11-25-17(20)16-14(18)5-7-24-16/h3-5,7,17H,6,8-11H2,1-2H3. The minimum Gasteiger partial charge on any atom is -0.464 e. The zero-order valence-corrected chi connectivity index (χ0v) is 18.3. The van der Waals surface area contributed by atoms with Crippen molar-refractivity contribution in [3.8, 4) is 0 Å². The minimum absolute atomic E-state index is 0.151. The number of carbonyl (C=O) groups excluding carboxylic acids is 1. The Hall–Kier alpha value is -0.410.